The summed E-state index contributed by atoms with van der Waals surface area (Å²) in [5, 5.41) is 10.8. The second kappa shape index (κ2) is 8.50. The SMILES string of the molecule is Cc1cc2cc(C(=O)N(Cc3ccc(C(F)(F)F)cn3)[C@@H](C)[C@H](C)O)ccc2nc1N. The molecule has 3 aromatic rings. The van der Waals surface area contributed by atoms with E-state index < -0.39 is 23.9 Å². The first kappa shape index (κ1) is 22.5. The van der Waals surface area contributed by atoms with Crippen LogP contribution in [0.2, 0.25) is 0 Å². The number of benzene rings is 1. The second-order valence-corrected chi connectivity index (χ2v) is 7.55. The highest BCUT2D eigenvalue weighted by atomic mass is 19.4. The molecule has 31 heavy (non-hydrogen) atoms. The summed E-state index contributed by atoms with van der Waals surface area (Å²) in [6.45, 7) is 4.97. The van der Waals surface area contributed by atoms with Gasteiger partial charge in [-0.3, -0.25) is 9.78 Å². The van der Waals surface area contributed by atoms with Gasteiger partial charge in [0.05, 0.1) is 35.5 Å². The molecule has 6 nitrogen and oxygen atoms in total. The lowest BCUT2D eigenvalue weighted by Gasteiger charge is -2.31. The summed E-state index contributed by atoms with van der Waals surface area (Å²) in [5.41, 5.74) is 7.02. The number of rotatable bonds is 5. The van der Waals surface area contributed by atoms with E-state index in [9.17, 15) is 23.1 Å². The predicted octanol–water partition coefficient (Wildman–Crippen LogP) is 3.95. The van der Waals surface area contributed by atoms with E-state index in [2.05, 4.69) is 9.97 Å². The summed E-state index contributed by atoms with van der Waals surface area (Å²) in [6, 6.07) is 8.35. The Morgan fingerprint density at radius 3 is 2.48 bits per heavy atom. The van der Waals surface area contributed by atoms with Crippen LogP contribution in [-0.2, 0) is 12.7 Å². The molecule has 9 heteroatoms. The van der Waals surface area contributed by atoms with Gasteiger partial charge in [-0.05, 0) is 62.7 Å². The summed E-state index contributed by atoms with van der Waals surface area (Å²) in [7, 11) is 0. The van der Waals surface area contributed by atoms with Gasteiger partial charge in [0.2, 0.25) is 0 Å². The second-order valence-electron chi connectivity index (χ2n) is 7.55. The number of nitrogens with zero attached hydrogens (tertiary/aromatic N) is 3. The average Bonchev–Trinajstić information content (AvgIpc) is 2.71. The standard InChI is InChI=1S/C22H23F3N4O2/c1-12-8-16-9-15(4-7-19(16)28-20(12)26)21(31)29(13(2)14(3)30)11-18-6-5-17(10-27-18)22(23,24)25/h4-10,13-14,30H,11H2,1-3H3,(H2,26,28)/t13-,14-/m0/s1. The third-order valence-corrected chi connectivity index (χ3v) is 5.23. The molecule has 0 fully saturated rings. The molecule has 0 aliphatic carbocycles. The van der Waals surface area contributed by atoms with Crippen molar-refractivity contribution in [3.05, 3.63) is 65.0 Å². The highest BCUT2D eigenvalue weighted by molar-refractivity contribution is 5.98. The van der Waals surface area contributed by atoms with Crippen molar-refractivity contribution in [1.82, 2.24) is 14.9 Å². The Morgan fingerprint density at radius 2 is 1.90 bits per heavy atom. The summed E-state index contributed by atoms with van der Waals surface area (Å²) in [4.78, 5) is 22.8. The number of nitrogen functional groups attached to an aromatic ring is 1. The third kappa shape index (κ3) is 4.93. The van der Waals surface area contributed by atoms with Crippen LogP contribution in [0.3, 0.4) is 0 Å². The molecular weight excluding hydrogens is 409 g/mol. The van der Waals surface area contributed by atoms with Crippen molar-refractivity contribution >= 4 is 22.6 Å². The van der Waals surface area contributed by atoms with Crippen molar-refractivity contribution in [1.29, 1.82) is 0 Å². The van der Waals surface area contributed by atoms with Gasteiger partial charge in [0.1, 0.15) is 5.82 Å². The first-order valence-corrected chi connectivity index (χ1v) is 9.65. The number of pyridine rings is 2. The zero-order valence-electron chi connectivity index (χ0n) is 17.3. The Hall–Kier alpha value is -3.20. The Morgan fingerprint density at radius 1 is 1.19 bits per heavy atom. The van der Waals surface area contributed by atoms with E-state index in [1.54, 1.807) is 32.0 Å². The minimum absolute atomic E-state index is 0.0555. The zero-order valence-corrected chi connectivity index (χ0v) is 17.3. The van der Waals surface area contributed by atoms with E-state index in [1.807, 2.05) is 13.0 Å². The molecule has 0 spiro atoms. The van der Waals surface area contributed by atoms with Crippen molar-refractivity contribution < 1.29 is 23.1 Å². The van der Waals surface area contributed by atoms with Crippen LogP contribution in [0.1, 0.15) is 41.0 Å². The number of carbonyl (C=O) groups is 1. The first-order valence-electron chi connectivity index (χ1n) is 9.65. The van der Waals surface area contributed by atoms with Gasteiger partial charge in [-0.1, -0.05) is 0 Å². The number of hydrogen-bond acceptors (Lipinski definition) is 5. The van der Waals surface area contributed by atoms with Crippen LogP contribution in [0, 0.1) is 6.92 Å². The number of aliphatic hydroxyl groups is 1. The number of hydrogen-bond donors (Lipinski definition) is 2. The topological polar surface area (TPSA) is 92.3 Å². The lowest BCUT2D eigenvalue weighted by Crippen LogP contribution is -2.44. The molecule has 2 aromatic heterocycles. The van der Waals surface area contributed by atoms with Gasteiger partial charge >= 0.3 is 6.18 Å². The number of nitrogens with two attached hydrogens (primary N) is 1. The normalized spacial score (nSPS) is 13.8. The molecule has 164 valence electrons. The Kier molecular flexibility index (Phi) is 6.17. The minimum Gasteiger partial charge on any atom is -0.391 e. The zero-order chi connectivity index (χ0) is 22.9. The lowest BCUT2D eigenvalue weighted by molar-refractivity contribution is -0.137. The van der Waals surface area contributed by atoms with Gasteiger partial charge in [-0.2, -0.15) is 13.2 Å². The maximum absolute atomic E-state index is 13.3. The van der Waals surface area contributed by atoms with E-state index >= 15 is 0 Å². The van der Waals surface area contributed by atoms with Gasteiger partial charge in [0, 0.05) is 17.1 Å². The predicted molar refractivity (Wildman–Crippen MR) is 111 cm³/mol. The summed E-state index contributed by atoms with van der Waals surface area (Å²) in [5.74, 6) is 0.0239. The lowest BCUT2D eigenvalue weighted by atomic mass is 10.1. The van der Waals surface area contributed by atoms with E-state index in [4.69, 9.17) is 5.73 Å². The van der Waals surface area contributed by atoms with E-state index in [0.717, 1.165) is 23.2 Å². The quantitative estimate of drug-likeness (QED) is 0.637. The number of halogens is 3. The molecule has 0 aliphatic heterocycles. The van der Waals surface area contributed by atoms with Crippen LogP contribution in [0.25, 0.3) is 10.9 Å². The van der Waals surface area contributed by atoms with Gasteiger partial charge in [-0.25, -0.2) is 4.98 Å². The van der Waals surface area contributed by atoms with E-state index in [0.29, 0.717) is 16.9 Å². The van der Waals surface area contributed by atoms with Gasteiger partial charge < -0.3 is 15.7 Å². The van der Waals surface area contributed by atoms with Crippen molar-refractivity contribution in [3.63, 3.8) is 0 Å². The smallest absolute Gasteiger partial charge is 0.391 e. The summed E-state index contributed by atoms with van der Waals surface area (Å²) < 4.78 is 38.4. The fraction of sp³-hybridized carbons (Fsp3) is 0.318. The molecule has 0 bridgehead atoms. The van der Waals surface area contributed by atoms with Crippen LogP contribution >= 0.6 is 0 Å². The van der Waals surface area contributed by atoms with Crippen molar-refractivity contribution in [2.24, 2.45) is 0 Å². The monoisotopic (exact) mass is 432 g/mol. The largest absolute Gasteiger partial charge is 0.417 e. The van der Waals surface area contributed by atoms with Crippen molar-refractivity contribution in [3.8, 4) is 0 Å². The molecule has 0 saturated heterocycles. The Labute approximate surface area is 177 Å². The Bertz CT molecular complexity index is 1100. The fourth-order valence-corrected chi connectivity index (χ4v) is 3.12. The van der Waals surface area contributed by atoms with E-state index in [1.165, 1.54) is 11.0 Å². The number of aromatic nitrogens is 2. The van der Waals surface area contributed by atoms with Crippen LogP contribution in [-0.4, -0.2) is 38.0 Å². The number of anilines is 1. The average molecular weight is 432 g/mol. The van der Waals surface area contributed by atoms with Crippen LogP contribution in [0.4, 0.5) is 19.0 Å². The minimum atomic E-state index is -4.49. The number of fused-ring (bicyclic) bond motifs is 1. The summed E-state index contributed by atoms with van der Waals surface area (Å²) in [6.07, 6.45) is -4.61. The molecule has 1 amide bonds. The van der Waals surface area contributed by atoms with Gasteiger partial charge in [-0.15, -0.1) is 0 Å². The highest BCUT2D eigenvalue weighted by Crippen LogP contribution is 2.29. The molecule has 0 unspecified atom stereocenters. The molecule has 2 heterocycles. The number of aliphatic hydroxyl groups excluding tert-OH is 1. The highest BCUT2D eigenvalue weighted by Gasteiger charge is 2.31. The maximum atomic E-state index is 13.3. The summed E-state index contributed by atoms with van der Waals surface area (Å²) >= 11 is 0. The van der Waals surface area contributed by atoms with Gasteiger partial charge in [0.15, 0.2) is 0 Å². The molecule has 0 saturated carbocycles. The van der Waals surface area contributed by atoms with Crippen molar-refractivity contribution in [2.45, 2.75) is 45.6 Å². The molecule has 3 rings (SSSR count). The van der Waals surface area contributed by atoms with Crippen molar-refractivity contribution in [2.75, 3.05) is 5.73 Å². The fourth-order valence-electron chi connectivity index (χ4n) is 3.12. The molecule has 1 aromatic carbocycles. The van der Waals surface area contributed by atoms with Crippen LogP contribution in [0.15, 0.2) is 42.6 Å². The number of aryl methyl sites for hydroxylation is 1. The molecular formula is C22H23F3N4O2. The molecule has 0 aliphatic rings. The van der Waals surface area contributed by atoms with Gasteiger partial charge in [0.25, 0.3) is 5.91 Å². The molecule has 3 N–H and O–H groups in total. The maximum Gasteiger partial charge on any atom is 0.417 e. The third-order valence-electron chi connectivity index (χ3n) is 5.23. The number of amides is 1. The number of alkyl halides is 3. The van der Waals surface area contributed by atoms with Crippen LogP contribution < -0.4 is 5.73 Å². The van der Waals surface area contributed by atoms with Crippen LogP contribution in [0.5, 0.6) is 0 Å². The van der Waals surface area contributed by atoms with E-state index in [-0.39, 0.29) is 18.1 Å². The Balaban J connectivity index is 1.94. The molecule has 2 atom stereocenters. The first-order chi connectivity index (χ1) is 14.5. The molecule has 0 radical (unpaired) electrons. The number of carbonyl (C=O) groups excluding carboxylic acids is 1.